The Bertz CT molecular complexity index is 3860. The standard InChI is InChI=1S/C30H45BN2O5.C26H35BF2N4O4.C18H26BNO2.C12H21NO4.ClH/c1-28(2,3)36-27(35)33-14-10-13-21(19-33)16-26(34)32-25(15-20-11-8-7-9-12-20)31-37-24-18-22-17-23(29(22,4)5)30(24,6)38-31;1-25(2,33-12-10-26(28,29)18-33)15-21(16-30)24(35)32-11-6-9-20(17-32)14-23(34)31-22(27(36)37)13-19-7-4-3-5-8-19;1-17(2)13-10-14(17)18(3)15(11-13)21-19(22-18)16(20)9-12-7-5-4-6-8-12;1-12(2,3)17-11(16)13-6-4-5-9(8-13)7-10(14)15;/h7-9,11-12,21-25H,10,13-19H2,1-6H3,(H,32,34);3-5,7-8,15,20,22,36-37H,6,9-14,17-18H2,1-2H3,(H,31,34);4-8,13-16H,9-11,20H2,1-3H3;9H,4-8H2,1-3H3,(H,14,15);1H/t21-,22-,23-,24+,25-,30-;20-,22-;13-,14-,15+,16-,18-;9-;/m0000./s1. The number of nitriles is 1. The van der Waals surface area contributed by atoms with E-state index in [-0.39, 0.29) is 146 Å². The molecule has 12 aliphatic rings. The van der Waals surface area contributed by atoms with Crippen molar-refractivity contribution in [1.82, 2.24) is 30.2 Å². The second-order valence-corrected chi connectivity index (χ2v) is 38.2. The maximum atomic E-state index is 13.7. The first-order valence-corrected chi connectivity index (χ1v) is 41.7. The lowest BCUT2D eigenvalue weighted by Crippen LogP contribution is -2.65. The van der Waals surface area contributed by atoms with Crippen LogP contribution in [0.4, 0.5) is 18.4 Å². The van der Waals surface area contributed by atoms with Crippen LogP contribution in [0.5, 0.6) is 0 Å². The van der Waals surface area contributed by atoms with Crippen LogP contribution in [0, 0.1) is 63.6 Å². The maximum absolute atomic E-state index is 13.7. The van der Waals surface area contributed by atoms with Crippen molar-refractivity contribution in [2.45, 2.75) is 270 Å². The summed E-state index contributed by atoms with van der Waals surface area (Å²) in [6.07, 6.45) is 12.6. The highest BCUT2D eigenvalue weighted by molar-refractivity contribution is 6.48. The number of carboxylic acids is 1. The van der Waals surface area contributed by atoms with E-state index in [1.165, 1.54) is 29.4 Å². The number of carboxylic acid groups (broad SMARTS) is 1. The molecule has 0 spiro atoms. The number of nitrogens with one attached hydrogen (secondary N) is 2. The van der Waals surface area contributed by atoms with Crippen molar-refractivity contribution in [1.29, 1.82) is 5.26 Å². The van der Waals surface area contributed by atoms with Crippen molar-refractivity contribution < 1.29 is 80.8 Å². The number of alkyl halides is 2. The SMILES string of the molecule is CC(C)(C)OC(=O)N1CCC[C@@H](CC(=O)N[C@@H](Cc2ccccc2)B2O[C@@H]3C[C@@H]4C[C@@H](C4(C)C)[C@]3(C)O2)C1.CC(C)(C)OC(=O)N1CCC[C@@H](CC(=O)O)C1.CC(C)(C=C(C#N)C(=O)N1CCC[C@@H](CC(=O)N[C@@H](Cc2ccccc2)B(O)O)C1)N1CCC(F)(F)C1.CC1(C)[C@@H]2C[C@H]3OB([C@@H](N)Cc4ccccc4)O[C@@]3(C)[C@H]1C2.Cl. The Balaban J connectivity index is 0.000000183. The van der Waals surface area contributed by atoms with Crippen LogP contribution in [0.1, 0.15) is 204 Å². The molecule has 115 heavy (non-hydrogen) atoms. The van der Waals surface area contributed by atoms with Gasteiger partial charge in [0.2, 0.25) is 11.8 Å². The van der Waals surface area contributed by atoms with Crippen LogP contribution in [0.25, 0.3) is 0 Å². The average Bonchev–Trinajstić information content (AvgIpc) is 1.62. The van der Waals surface area contributed by atoms with E-state index < -0.39 is 61.3 Å². The molecular formula is C86H128B3ClF2N8O15. The second-order valence-electron chi connectivity index (χ2n) is 38.2. The summed E-state index contributed by atoms with van der Waals surface area (Å²) in [7, 11) is -2.48. The van der Waals surface area contributed by atoms with E-state index in [1.807, 2.05) is 102 Å². The minimum Gasteiger partial charge on any atom is -0.481 e. The van der Waals surface area contributed by atoms with Crippen molar-refractivity contribution in [3.63, 3.8) is 0 Å². The molecule has 6 saturated heterocycles. The van der Waals surface area contributed by atoms with Gasteiger partial charge in [0, 0.05) is 83.0 Å². The van der Waals surface area contributed by atoms with Crippen molar-refractivity contribution in [3.05, 3.63) is 119 Å². The van der Waals surface area contributed by atoms with Gasteiger partial charge in [0.25, 0.3) is 11.8 Å². The van der Waals surface area contributed by atoms with Crippen LogP contribution in [0.3, 0.4) is 0 Å². The zero-order valence-corrected chi connectivity index (χ0v) is 71.1. The molecule has 6 saturated carbocycles. The highest BCUT2D eigenvalue weighted by atomic mass is 35.5. The molecule has 0 unspecified atom stereocenters. The van der Waals surface area contributed by atoms with Crippen molar-refractivity contribution in [2.24, 2.45) is 58.0 Å². The Kier molecular flexibility index (Phi) is 30.6. The molecule has 0 radical (unpaired) electrons. The number of carbonyl (C=O) groups is 6. The fourth-order valence-corrected chi connectivity index (χ4v) is 19.5. The summed E-state index contributed by atoms with van der Waals surface area (Å²) < 4.78 is 64.3. The van der Waals surface area contributed by atoms with Gasteiger partial charge in [-0.2, -0.15) is 5.26 Å². The van der Waals surface area contributed by atoms with Gasteiger partial charge in [0.1, 0.15) is 22.8 Å². The van der Waals surface area contributed by atoms with Crippen LogP contribution < -0.4 is 16.4 Å². The number of nitrogens with zero attached hydrogens (tertiary/aromatic N) is 5. The number of rotatable bonds is 20. The number of amides is 5. The van der Waals surface area contributed by atoms with E-state index in [1.54, 1.807) is 28.5 Å². The zero-order valence-electron chi connectivity index (χ0n) is 70.3. The lowest BCUT2D eigenvalue weighted by atomic mass is 9.43. The Labute approximate surface area is 688 Å². The normalized spacial score (nSPS) is 28.4. The van der Waals surface area contributed by atoms with Crippen LogP contribution in [-0.2, 0) is 66.5 Å². The molecule has 29 heteroatoms. The molecule has 14 atom stereocenters. The summed E-state index contributed by atoms with van der Waals surface area (Å²) in [5.41, 5.74) is 7.78. The summed E-state index contributed by atoms with van der Waals surface area (Å²) in [6.45, 7) is 31.3. The predicted molar refractivity (Wildman–Crippen MR) is 441 cm³/mol. The van der Waals surface area contributed by atoms with Gasteiger partial charge in [0.05, 0.1) is 41.8 Å². The molecule has 3 aromatic carbocycles. The Morgan fingerprint density at radius 3 is 1.46 bits per heavy atom. The van der Waals surface area contributed by atoms with Gasteiger partial charge in [-0.3, -0.25) is 24.1 Å². The molecule has 6 aliphatic heterocycles. The number of piperidine rings is 3. The van der Waals surface area contributed by atoms with E-state index in [4.69, 9.17) is 38.9 Å². The third-order valence-corrected chi connectivity index (χ3v) is 26.0. The fraction of sp³-hybridized carbons (Fsp3) is 0.686. The van der Waals surface area contributed by atoms with Crippen LogP contribution >= 0.6 is 12.4 Å². The minimum atomic E-state index is -2.78. The third kappa shape index (κ3) is 23.9. The summed E-state index contributed by atoms with van der Waals surface area (Å²) >= 11 is 0. The number of aliphatic carboxylic acids is 1. The molecule has 0 aromatic heterocycles. The molecule has 4 bridgehead atoms. The molecule has 5 amide bonds. The molecule has 23 nitrogen and oxygen atoms in total. The fourth-order valence-electron chi connectivity index (χ4n) is 19.5. The second kappa shape index (κ2) is 38.2. The molecule has 6 aliphatic carbocycles. The monoisotopic (exact) mass is 1620 g/mol. The minimum absolute atomic E-state index is 0. The average molecular weight is 1620 g/mol. The summed E-state index contributed by atoms with van der Waals surface area (Å²) in [4.78, 5) is 80.7. The Morgan fingerprint density at radius 1 is 0.617 bits per heavy atom. The van der Waals surface area contributed by atoms with Gasteiger partial charge < -0.3 is 74.3 Å². The molecule has 15 rings (SSSR count). The van der Waals surface area contributed by atoms with Gasteiger partial charge >= 0.3 is 39.5 Å². The Morgan fingerprint density at radius 2 is 1.03 bits per heavy atom. The molecule has 7 N–H and O–H groups in total. The first-order valence-electron chi connectivity index (χ1n) is 41.7. The number of benzene rings is 3. The molecular weight excluding hydrogens is 1490 g/mol. The predicted octanol–water partition coefficient (Wildman–Crippen LogP) is 12.3. The number of halogens is 3. The van der Waals surface area contributed by atoms with Gasteiger partial charge in [-0.25, -0.2) is 18.4 Å². The van der Waals surface area contributed by atoms with Gasteiger partial charge in [-0.15, -0.1) is 12.4 Å². The van der Waals surface area contributed by atoms with Crippen molar-refractivity contribution >= 4 is 69.6 Å². The zero-order chi connectivity index (χ0) is 83.1. The number of ether oxygens (including phenoxy) is 2. The highest BCUT2D eigenvalue weighted by Gasteiger charge is 2.70. The van der Waals surface area contributed by atoms with Crippen molar-refractivity contribution in [3.8, 4) is 6.07 Å². The third-order valence-electron chi connectivity index (χ3n) is 26.0. The van der Waals surface area contributed by atoms with Gasteiger partial charge in [-0.1, -0.05) is 119 Å². The number of likely N-dealkylation sites (tertiary alicyclic amines) is 4. The van der Waals surface area contributed by atoms with E-state index in [0.29, 0.717) is 81.6 Å². The van der Waals surface area contributed by atoms with Crippen LogP contribution in [0.15, 0.2) is 103 Å². The van der Waals surface area contributed by atoms with Crippen molar-refractivity contribution in [2.75, 3.05) is 52.4 Å². The van der Waals surface area contributed by atoms with Crippen LogP contribution in [-0.4, -0.2) is 208 Å². The van der Waals surface area contributed by atoms with E-state index in [0.717, 1.165) is 62.0 Å². The molecule has 632 valence electrons. The first kappa shape index (κ1) is 92.2. The van der Waals surface area contributed by atoms with E-state index in [9.17, 15) is 52.9 Å². The summed E-state index contributed by atoms with van der Waals surface area (Å²) in [5.74, 6) is -3.16. The largest absolute Gasteiger partial charge is 0.482 e. The number of nitrogens with two attached hydrogens (primary N) is 1. The summed E-state index contributed by atoms with van der Waals surface area (Å²) in [6, 6.07) is 31.7. The van der Waals surface area contributed by atoms with Crippen LogP contribution in [0.2, 0.25) is 0 Å². The molecule has 3 aromatic rings. The topological polar surface area (TPSA) is 305 Å². The first-order chi connectivity index (χ1) is 53.4. The molecule has 6 heterocycles. The van der Waals surface area contributed by atoms with E-state index >= 15 is 0 Å². The van der Waals surface area contributed by atoms with Gasteiger partial charge in [-0.05, 0) is 228 Å². The highest BCUT2D eigenvalue weighted by Crippen LogP contribution is 2.67. The summed E-state index contributed by atoms with van der Waals surface area (Å²) in [5, 5.41) is 43.9. The lowest BCUT2D eigenvalue weighted by molar-refractivity contribution is -0.199. The number of carbonyl (C=O) groups excluding carboxylic acids is 5. The Hall–Kier alpha value is -6.67. The smallest absolute Gasteiger partial charge is 0.481 e. The maximum Gasteiger partial charge on any atom is 0.482 e. The molecule has 12 fully saturated rings. The van der Waals surface area contributed by atoms with Gasteiger partial charge in [0.15, 0.2) is 0 Å². The quantitative estimate of drug-likeness (QED) is 0.0348. The number of hydrogen-bond donors (Lipinski definition) is 6. The lowest BCUT2D eigenvalue weighted by Gasteiger charge is -2.64. The number of hydrogen-bond acceptors (Lipinski definition) is 17. The van der Waals surface area contributed by atoms with E-state index in [2.05, 4.69) is 88.6 Å².